The molecule has 0 spiro atoms. The number of imidazole rings is 1. The molecule has 3 heterocycles. The average Bonchev–Trinajstić information content (AvgIpc) is 3.69. The molecule has 8 aromatic rings. The molecular weight excluding hydrogens is 545 g/mol. The minimum atomic E-state index is 0.949. The molecule has 0 N–H and O–H groups in total. The van der Waals surface area contributed by atoms with E-state index >= 15 is 0 Å². The molecule has 0 atom stereocenters. The predicted molar refractivity (Wildman–Crippen MR) is 179 cm³/mol. The number of fused-ring (bicyclic) bond motifs is 3. The molecule has 1 aliphatic rings. The predicted octanol–water partition coefficient (Wildman–Crippen LogP) is 10.4. The molecule has 0 fully saturated rings. The van der Waals surface area contributed by atoms with Crippen molar-refractivity contribution in [3.05, 3.63) is 146 Å². The van der Waals surface area contributed by atoms with Crippen LogP contribution in [0.25, 0.3) is 60.0 Å². The maximum atomic E-state index is 5.15. The van der Waals surface area contributed by atoms with Crippen LogP contribution >= 0.6 is 11.3 Å². The molecule has 1 aliphatic heterocycles. The minimum Gasteiger partial charge on any atom is -0.306 e. The SMILES string of the molecule is c1ccc(-c2nc3cccc4c3n2-c2ccc(-c3ccc(-c5nc6ccccc6s5)cc3)cc2N4c2ccccc2)cc1. The van der Waals surface area contributed by atoms with Crippen molar-refractivity contribution in [3.63, 3.8) is 0 Å². The van der Waals surface area contributed by atoms with Gasteiger partial charge in [0.15, 0.2) is 0 Å². The maximum absolute atomic E-state index is 5.15. The van der Waals surface area contributed by atoms with E-state index in [0.29, 0.717) is 0 Å². The Balaban J connectivity index is 1.22. The molecule has 0 saturated carbocycles. The summed E-state index contributed by atoms with van der Waals surface area (Å²) in [7, 11) is 0. The summed E-state index contributed by atoms with van der Waals surface area (Å²) in [6.45, 7) is 0. The van der Waals surface area contributed by atoms with Crippen LogP contribution < -0.4 is 4.90 Å². The van der Waals surface area contributed by atoms with E-state index in [-0.39, 0.29) is 0 Å². The quantitative estimate of drug-likeness (QED) is 0.212. The summed E-state index contributed by atoms with van der Waals surface area (Å²) in [4.78, 5) is 12.4. The summed E-state index contributed by atoms with van der Waals surface area (Å²) in [5, 5.41) is 1.04. The summed E-state index contributed by atoms with van der Waals surface area (Å²) >= 11 is 1.73. The number of thiazole rings is 1. The van der Waals surface area contributed by atoms with Crippen LogP contribution in [0.3, 0.4) is 0 Å². The number of para-hydroxylation sites is 3. The van der Waals surface area contributed by atoms with Gasteiger partial charge in [0.25, 0.3) is 0 Å². The van der Waals surface area contributed by atoms with Crippen LogP contribution in [0, 0.1) is 0 Å². The molecular formula is C38H24N4S. The van der Waals surface area contributed by atoms with E-state index in [4.69, 9.17) is 9.97 Å². The van der Waals surface area contributed by atoms with E-state index < -0.39 is 0 Å². The standard InChI is InChI=1S/C38H24N4S/c1-3-10-26(11-4-1)37-39-31-15-9-16-33-36(31)42(37)32-23-22-28(24-34(32)41(33)29-12-5-2-6-13-29)25-18-20-27(21-19-25)38-40-30-14-7-8-17-35(30)43-38/h1-24H. The maximum Gasteiger partial charge on any atom is 0.145 e. The van der Waals surface area contributed by atoms with Crippen molar-refractivity contribution >= 4 is 49.6 Å². The third-order valence-electron chi connectivity index (χ3n) is 8.16. The Morgan fingerprint density at radius 2 is 1.16 bits per heavy atom. The molecule has 6 aromatic carbocycles. The van der Waals surface area contributed by atoms with Crippen LogP contribution in [0.1, 0.15) is 0 Å². The van der Waals surface area contributed by atoms with Crippen LogP contribution in [0.15, 0.2) is 146 Å². The Morgan fingerprint density at radius 3 is 1.98 bits per heavy atom. The molecule has 0 bridgehead atoms. The smallest absolute Gasteiger partial charge is 0.145 e. The molecule has 5 heteroatoms. The van der Waals surface area contributed by atoms with Crippen molar-refractivity contribution in [2.45, 2.75) is 0 Å². The van der Waals surface area contributed by atoms with E-state index in [2.05, 4.69) is 143 Å². The highest BCUT2D eigenvalue weighted by Gasteiger charge is 2.29. The Bertz CT molecular complexity index is 2250. The van der Waals surface area contributed by atoms with Gasteiger partial charge in [-0.05, 0) is 59.7 Å². The van der Waals surface area contributed by atoms with Crippen LogP contribution in [0.5, 0.6) is 0 Å². The van der Waals surface area contributed by atoms with Gasteiger partial charge in [0, 0.05) is 16.8 Å². The van der Waals surface area contributed by atoms with Gasteiger partial charge in [-0.15, -0.1) is 11.3 Å². The van der Waals surface area contributed by atoms with Crippen molar-refractivity contribution < 1.29 is 0 Å². The zero-order valence-electron chi connectivity index (χ0n) is 23.1. The highest BCUT2D eigenvalue weighted by molar-refractivity contribution is 7.21. The van der Waals surface area contributed by atoms with Crippen LogP contribution in [-0.4, -0.2) is 14.5 Å². The largest absolute Gasteiger partial charge is 0.306 e. The molecule has 0 aliphatic carbocycles. The Hall–Kier alpha value is -5.52. The second-order valence-electron chi connectivity index (χ2n) is 10.7. The molecule has 0 saturated heterocycles. The fourth-order valence-corrected chi connectivity index (χ4v) is 7.13. The lowest BCUT2D eigenvalue weighted by molar-refractivity contribution is 1.06. The minimum absolute atomic E-state index is 0.949. The Labute approximate surface area is 252 Å². The van der Waals surface area contributed by atoms with Crippen molar-refractivity contribution in [1.82, 2.24) is 14.5 Å². The molecule has 0 unspecified atom stereocenters. The van der Waals surface area contributed by atoms with Crippen LogP contribution in [-0.2, 0) is 0 Å². The van der Waals surface area contributed by atoms with Crippen LogP contribution in [0.4, 0.5) is 17.1 Å². The first-order chi connectivity index (χ1) is 21.3. The lowest BCUT2D eigenvalue weighted by Crippen LogP contribution is -2.18. The lowest BCUT2D eigenvalue weighted by Gasteiger charge is -2.33. The topological polar surface area (TPSA) is 34.0 Å². The average molecular weight is 569 g/mol. The normalized spacial score (nSPS) is 12.1. The van der Waals surface area contributed by atoms with Crippen molar-refractivity contribution in [2.75, 3.05) is 4.90 Å². The van der Waals surface area contributed by atoms with Gasteiger partial charge in [-0.2, -0.15) is 0 Å². The molecule has 9 rings (SSSR count). The van der Waals surface area contributed by atoms with Crippen molar-refractivity contribution in [3.8, 4) is 38.8 Å². The first-order valence-corrected chi connectivity index (χ1v) is 15.2. The fraction of sp³-hybridized carbons (Fsp3) is 0. The second kappa shape index (κ2) is 9.51. The molecule has 0 radical (unpaired) electrons. The van der Waals surface area contributed by atoms with Gasteiger partial charge >= 0.3 is 0 Å². The summed E-state index contributed by atoms with van der Waals surface area (Å²) in [6, 6.07) is 51.4. The summed E-state index contributed by atoms with van der Waals surface area (Å²) < 4.78 is 3.54. The lowest BCUT2D eigenvalue weighted by atomic mass is 10.00. The number of nitrogens with zero attached hydrogens (tertiary/aromatic N) is 4. The van der Waals surface area contributed by atoms with Crippen molar-refractivity contribution in [1.29, 1.82) is 0 Å². The van der Waals surface area contributed by atoms with Crippen LogP contribution in [0.2, 0.25) is 0 Å². The van der Waals surface area contributed by atoms with Gasteiger partial charge < -0.3 is 4.90 Å². The highest BCUT2D eigenvalue weighted by Crippen LogP contribution is 2.49. The number of hydrogen-bond donors (Lipinski definition) is 0. The Kier molecular flexibility index (Phi) is 5.33. The third-order valence-corrected chi connectivity index (χ3v) is 9.24. The highest BCUT2D eigenvalue weighted by atomic mass is 32.1. The van der Waals surface area contributed by atoms with Gasteiger partial charge in [-0.25, -0.2) is 9.97 Å². The number of hydrogen-bond acceptors (Lipinski definition) is 4. The Morgan fingerprint density at radius 1 is 0.465 bits per heavy atom. The fourth-order valence-electron chi connectivity index (χ4n) is 6.16. The molecule has 0 amide bonds. The van der Waals surface area contributed by atoms with Gasteiger partial charge in [0.2, 0.25) is 0 Å². The summed E-state index contributed by atoms with van der Waals surface area (Å²) in [5.74, 6) is 0.949. The van der Waals surface area contributed by atoms with E-state index in [1.54, 1.807) is 11.3 Å². The van der Waals surface area contributed by atoms with E-state index in [1.165, 1.54) is 10.3 Å². The van der Waals surface area contributed by atoms with E-state index in [9.17, 15) is 0 Å². The molecule has 43 heavy (non-hydrogen) atoms. The zero-order valence-corrected chi connectivity index (χ0v) is 23.9. The van der Waals surface area contributed by atoms with Gasteiger partial charge in [-0.1, -0.05) is 97.1 Å². The number of aromatic nitrogens is 3. The summed E-state index contributed by atoms with van der Waals surface area (Å²) in [6.07, 6.45) is 0. The zero-order chi connectivity index (χ0) is 28.3. The second-order valence-corrected chi connectivity index (χ2v) is 11.8. The third kappa shape index (κ3) is 3.83. The number of rotatable bonds is 4. The van der Waals surface area contributed by atoms with Gasteiger partial charge in [0.05, 0.1) is 38.3 Å². The first kappa shape index (κ1) is 24.1. The molecule has 2 aromatic heterocycles. The first-order valence-electron chi connectivity index (χ1n) is 14.3. The molecule has 202 valence electrons. The van der Waals surface area contributed by atoms with Gasteiger partial charge in [0.1, 0.15) is 10.8 Å². The number of anilines is 3. The van der Waals surface area contributed by atoms with E-state index in [1.807, 2.05) is 12.1 Å². The van der Waals surface area contributed by atoms with Gasteiger partial charge in [-0.3, -0.25) is 4.57 Å². The van der Waals surface area contributed by atoms with E-state index in [0.717, 1.165) is 66.8 Å². The van der Waals surface area contributed by atoms with Crippen molar-refractivity contribution in [2.24, 2.45) is 0 Å². The monoisotopic (exact) mass is 568 g/mol. The molecule has 4 nitrogen and oxygen atoms in total. The number of benzene rings is 6. The summed E-state index contributed by atoms with van der Waals surface area (Å²) in [5.41, 5.74) is 12.2.